The minimum absolute atomic E-state index is 0.0114. The molecule has 148 valence electrons. The van der Waals surface area contributed by atoms with Gasteiger partial charge in [0.25, 0.3) is 0 Å². The number of benzene rings is 1. The Kier molecular flexibility index (Phi) is 6.41. The summed E-state index contributed by atoms with van der Waals surface area (Å²) in [6.45, 7) is 7.88. The molecule has 0 saturated carbocycles. The van der Waals surface area contributed by atoms with Crippen molar-refractivity contribution < 1.29 is 9.59 Å². The zero-order valence-electron chi connectivity index (χ0n) is 16.8. The molecule has 1 aliphatic heterocycles. The van der Waals surface area contributed by atoms with E-state index in [-0.39, 0.29) is 17.7 Å². The van der Waals surface area contributed by atoms with Crippen molar-refractivity contribution in [3.8, 4) is 0 Å². The van der Waals surface area contributed by atoms with E-state index in [0.29, 0.717) is 12.4 Å². The van der Waals surface area contributed by atoms with Crippen molar-refractivity contribution in [3.05, 3.63) is 53.2 Å². The number of aryl methyl sites for hydroxylation is 3. The summed E-state index contributed by atoms with van der Waals surface area (Å²) < 4.78 is 0. The highest BCUT2D eigenvalue weighted by atomic mass is 16.2. The zero-order chi connectivity index (χ0) is 20.1. The third kappa shape index (κ3) is 5.39. The number of amides is 2. The molecular formula is C22H28N4O2. The fourth-order valence-electron chi connectivity index (χ4n) is 3.41. The highest BCUT2D eigenvalue weighted by Gasteiger charge is 2.26. The third-order valence-electron chi connectivity index (χ3n) is 5.28. The van der Waals surface area contributed by atoms with Gasteiger partial charge in [-0.1, -0.05) is 6.07 Å². The third-order valence-corrected chi connectivity index (χ3v) is 5.28. The van der Waals surface area contributed by atoms with Crippen molar-refractivity contribution in [3.63, 3.8) is 0 Å². The van der Waals surface area contributed by atoms with E-state index in [1.54, 1.807) is 6.20 Å². The Morgan fingerprint density at radius 2 is 1.79 bits per heavy atom. The monoisotopic (exact) mass is 380 g/mol. The smallest absolute Gasteiger partial charge is 0.238 e. The van der Waals surface area contributed by atoms with Crippen molar-refractivity contribution in [2.45, 2.75) is 33.6 Å². The lowest BCUT2D eigenvalue weighted by Crippen LogP contribution is -2.41. The molecular weight excluding hydrogens is 352 g/mol. The summed E-state index contributed by atoms with van der Waals surface area (Å²) in [5.41, 5.74) is 4.26. The average Bonchev–Trinajstić information content (AvgIpc) is 2.65. The van der Waals surface area contributed by atoms with Crippen molar-refractivity contribution in [2.75, 3.05) is 30.3 Å². The van der Waals surface area contributed by atoms with Crippen molar-refractivity contribution in [1.29, 1.82) is 0 Å². The number of rotatable bonds is 5. The molecule has 3 rings (SSSR count). The first kappa shape index (κ1) is 20.0. The standard InChI is InChI=1S/C22H28N4O2/c1-15-6-9-23-20(12-15)25-22(28)18-7-10-26(11-8-18)14-21(27)24-19-5-4-16(2)17(3)13-19/h4-6,9,12-13,18H,7-8,10-11,14H2,1-3H3,(H,24,27)(H,23,25,28). The molecule has 0 radical (unpaired) electrons. The minimum atomic E-state index is -0.0404. The van der Waals surface area contributed by atoms with Crippen LogP contribution in [0.1, 0.15) is 29.5 Å². The molecule has 0 bridgehead atoms. The Bertz CT molecular complexity index is 857. The van der Waals surface area contributed by atoms with Crippen LogP contribution in [0.3, 0.4) is 0 Å². The Balaban J connectivity index is 1.45. The summed E-state index contributed by atoms with van der Waals surface area (Å²) in [5.74, 6) is 0.550. The van der Waals surface area contributed by atoms with Crippen molar-refractivity contribution in [1.82, 2.24) is 9.88 Å². The van der Waals surface area contributed by atoms with Crippen LogP contribution in [-0.4, -0.2) is 41.3 Å². The van der Waals surface area contributed by atoms with Crippen LogP contribution in [0.25, 0.3) is 0 Å². The molecule has 0 aliphatic carbocycles. The van der Waals surface area contributed by atoms with Gasteiger partial charge in [0.2, 0.25) is 11.8 Å². The number of hydrogen-bond acceptors (Lipinski definition) is 4. The van der Waals surface area contributed by atoms with E-state index in [2.05, 4.69) is 27.4 Å². The number of carbonyl (C=O) groups is 2. The molecule has 1 aliphatic rings. The van der Waals surface area contributed by atoms with Gasteiger partial charge in [-0.15, -0.1) is 0 Å². The summed E-state index contributed by atoms with van der Waals surface area (Å²) >= 11 is 0. The number of anilines is 2. The van der Waals surface area contributed by atoms with Gasteiger partial charge in [0, 0.05) is 17.8 Å². The molecule has 0 spiro atoms. The van der Waals surface area contributed by atoms with Gasteiger partial charge in [-0.25, -0.2) is 4.98 Å². The van der Waals surface area contributed by atoms with Crippen LogP contribution in [0.15, 0.2) is 36.5 Å². The number of hydrogen-bond donors (Lipinski definition) is 2. The molecule has 0 unspecified atom stereocenters. The maximum atomic E-state index is 12.5. The van der Waals surface area contributed by atoms with Gasteiger partial charge in [0.1, 0.15) is 5.82 Å². The van der Waals surface area contributed by atoms with E-state index in [1.807, 2.05) is 44.2 Å². The molecule has 6 nitrogen and oxygen atoms in total. The number of nitrogens with zero attached hydrogens (tertiary/aromatic N) is 2. The second-order valence-corrected chi connectivity index (χ2v) is 7.61. The predicted octanol–water partition coefficient (Wildman–Crippen LogP) is 3.30. The lowest BCUT2D eigenvalue weighted by atomic mass is 9.96. The maximum Gasteiger partial charge on any atom is 0.238 e. The van der Waals surface area contributed by atoms with Gasteiger partial charge < -0.3 is 10.6 Å². The molecule has 1 aromatic carbocycles. The quantitative estimate of drug-likeness (QED) is 0.835. The normalized spacial score (nSPS) is 15.2. The number of piperidine rings is 1. The Hall–Kier alpha value is -2.73. The summed E-state index contributed by atoms with van der Waals surface area (Å²) in [5, 5.41) is 5.86. The Morgan fingerprint density at radius 1 is 1.04 bits per heavy atom. The van der Waals surface area contributed by atoms with Crippen LogP contribution in [0.2, 0.25) is 0 Å². The van der Waals surface area contributed by atoms with Crippen LogP contribution in [0.5, 0.6) is 0 Å². The summed E-state index contributed by atoms with van der Waals surface area (Å²) in [6, 6.07) is 9.69. The zero-order valence-corrected chi connectivity index (χ0v) is 16.8. The van der Waals surface area contributed by atoms with Crippen LogP contribution < -0.4 is 10.6 Å². The van der Waals surface area contributed by atoms with E-state index >= 15 is 0 Å². The topological polar surface area (TPSA) is 74.3 Å². The van der Waals surface area contributed by atoms with Gasteiger partial charge in [0.15, 0.2) is 0 Å². The molecule has 2 N–H and O–H groups in total. The highest BCUT2D eigenvalue weighted by Crippen LogP contribution is 2.20. The summed E-state index contributed by atoms with van der Waals surface area (Å²) in [7, 11) is 0. The number of pyridine rings is 1. The van der Waals surface area contributed by atoms with Crippen molar-refractivity contribution >= 4 is 23.3 Å². The van der Waals surface area contributed by atoms with Gasteiger partial charge in [-0.2, -0.15) is 0 Å². The molecule has 2 heterocycles. The molecule has 28 heavy (non-hydrogen) atoms. The largest absolute Gasteiger partial charge is 0.325 e. The first-order valence-corrected chi connectivity index (χ1v) is 9.73. The van der Waals surface area contributed by atoms with Crippen LogP contribution in [0.4, 0.5) is 11.5 Å². The molecule has 1 aromatic heterocycles. The van der Waals surface area contributed by atoms with Crippen molar-refractivity contribution in [2.24, 2.45) is 5.92 Å². The fraction of sp³-hybridized carbons (Fsp3) is 0.409. The number of nitrogens with one attached hydrogen (secondary N) is 2. The molecule has 1 fully saturated rings. The first-order valence-electron chi connectivity index (χ1n) is 9.73. The average molecular weight is 380 g/mol. The SMILES string of the molecule is Cc1ccnc(NC(=O)C2CCN(CC(=O)Nc3ccc(C)c(C)c3)CC2)c1. The summed E-state index contributed by atoms with van der Waals surface area (Å²) in [4.78, 5) is 31.1. The minimum Gasteiger partial charge on any atom is -0.325 e. The molecule has 6 heteroatoms. The lowest BCUT2D eigenvalue weighted by Gasteiger charge is -2.30. The van der Waals surface area contributed by atoms with Crippen LogP contribution in [0, 0.1) is 26.7 Å². The molecule has 2 aromatic rings. The van der Waals surface area contributed by atoms with Gasteiger partial charge in [-0.3, -0.25) is 14.5 Å². The predicted molar refractivity (Wildman–Crippen MR) is 111 cm³/mol. The first-order chi connectivity index (χ1) is 13.4. The van der Waals surface area contributed by atoms with E-state index in [4.69, 9.17) is 0 Å². The highest BCUT2D eigenvalue weighted by molar-refractivity contribution is 5.93. The second kappa shape index (κ2) is 8.97. The van der Waals surface area contributed by atoms with E-state index < -0.39 is 0 Å². The number of carbonyl (C=O) groups excluding carboxylic acids is 2. The van der Waals surface area contributed by atoms with Crippen LogP contribution >= 0.6 is 0 Å². The van der Waals surface area contributed by atoms with E-state index in [0.717, 1.165) is 42.7 Å². The number of aromatic nitrogens is 1. The second-order valence-electron chi connectivity index (χ2n) is 7.61. The Morgan fingerprint density at radius 3 is 2.46 bits per heavy atom. The van der Waals surface area contributed by atoms with E-state index in [9.17, 15) is 9.59 Å². The van der Waals surface area contributed by atoms with Crippen LogP contribution in [-0.2, 0) is 9.59 Å². The maximum absolute atomic E-state index is 12.5. The number of likely N-dealkylation sites (tertiary alicyclic amines) is 1. The molecule has 1 saturated heterocycles. The Labute approximate surface area is 166 Å². The van der Waals surface area contributed by atoms with Gasteiger partial charge in [-0.05, 0) is 87.7 Å². The van der Waals surface area contributed by atoms with E-state index in [1.165, 1.54) is 5.56 Å². The fourth-order valence-corrected chi connectivity index (χ4v) is 3.41. The van der Waals surface area contributed by atoms with Gasteiger partial charge >= 0.3 is 0 Å². The molecule has 0 atom stereocenters. The molecule has 2 amide bonds. The van der Waals surface area contributed by atoms with Gasteiger partial charge in [0.05, 0.1) is 6.54 Å². The summed E-state index contributed by atoms with van der Waals surface area (Å²) in [6.07, 6.45) is 3.19. The lowest BCUT2D eigenvalue weighted by molar-refractivity contribution is -0.121.